The minimum Gasteiger partial charge on any atom is -0.344 e. The molecule has 1 aliphatic heterocycles. The van der Waals surface area contributed by atoms with Crippen LogP contribution < -0.4 is 0 Å². The summed E-state index contributed by atoms with van der Waals surface area (Å²) in [5.74, 6) is -0.0943. The van der Waals surface area contributed by atoms with Gasteiger partial charge in [0.1, 0.15) is 0 Å². The van der Waals surface area contributed by atoms with Gasteiger partial charge in [-0.15, -0.1) is 0 Å². The Morgan fingerprint density at radius 3 is 2.60 bits per heavy atom. The molecule has 0 saturated carbocycles. The first-order valence-electron chi connectivity index (χ1n) is 8.60. The topological polar surface area (TPSA) is 53.5 Å². The van der Waals surface area contributed by atoms with E-state index in [2.05, 4.69) is 4.98 Å². The molecular weight excluding hydrogens is 314 g/mol. The Balaban J connectivity index is 1.72. The molecule has 2 heterocycles. The van der Waals surface area contributed by atoms with Gasteiger partial charge in [-0.3, -0.25) is 14.6 Å². The molecule has 3 rings (SSSR count). The molecule has 0 unspecified atom stereocenters. The Hall–Kier alpha value is -2.69. The molecule has 0 radical (unpaired) electrons. The van der Waals surface area contributed by atoms with Crippen LogP contribution in [0.5, 0.6) is 0 Å². The van der Waals surface area contributed by atoms with Crippen molar-refractivity contribution in [2.24, 2.45) is 5.92 Å². The van der Waals surface area contributed by atoms with E-state index in [0.717, 1.165) is 11.3 Å². The lowest BCUT2D eigenvalue weighted by atomic mass is 10.0. The Morgan fingerprint density at radius 2 is 1.88 bits per heavy atom. The van der Waals surface area contributed by atoms with Crippen molar-refractivity contribution in [2.45, 2.75) is 12.8 Å². The maximum atomic E-state index is 12.7. The van der Waals surface area contributed by atoms with Gasteiger partial charge in [-0.05, 0) is 17.7 Å². The fourth-order valence-corrected chi connectivity index (χ4v) is 3.16. The number of carbonyl (C=O) groups excluding carboxylic acids is 2. The third-order valence-electron chi connectivity index (χ3n) is 4.60. The number of pyridine rings is 1. The summed E-state index contributed by atoms with van der Waals surface area (Å²) in [7, 11) is 1.80. The number of aromatic nitrogens is 1. The highest BCUT2D eigenvalue weighted by atomic mass is 16.2. The number of amides is 2. The first-order valence-corrected chi connectivity index (χ1v) is 8.60. The molecule has 5 heteroatoms. The van der Waals surface area contributed by atoms with Crippen molar-refractivity contribution in [2.75, 3.05) is 26.7 Å². The van der Waals surface area contributed by atoms with Crippen LogP contribution in [-0.4, -0.2) is 53.3 Å². The predicted octanol–water partition coefficient (Wildman–Crippen LogP) is 1.78. The van der Waals surface area contributed by atoms with Crippen molar-refractivity contribution < 1.29 is 9.59 Å². The minimum absolute atomic E-state index is 0.0697. The zero-order chi connectivity index (χ0) is 17.6. The average molecular weight is 337 g/mol. The van der Waals surface area contributed by atoms with Gasteiger partial charge in [-0.25, -0.2) is 0 Å². The van der Waals surface area contributed by atoms with E-state index in [1.165, 1.54) is 0 Å². The average Bonchev–Trinajstić information content (AvgIpc) is 2.77. The van der Waals surface area contributed by atoms with Crippen LogP contribution in [-0.2, 0) is 22.4 Å². The summed E-state index contributed by atoms with van der Waals surface area (Å²) in [6.07, 6.45) is 2.66. The second-order valence-corrected chi connectivity index (χ2v) is 6.48. The summed E-state index contributed by atoms with van der Waals surface area (Å²) in [6.45, 7) is 1.59. The number of rotatable bonds is 4. The molecule has 1 atom stereocenters. The van der Waals surface area contributed by atoms with Crippen LogP contribution >= 0.6 is 0 Å². The predicted molar refractivity (Wildman–Crippen MR) is 95.8 cm³/mol. The number of nitrogens with zero attached hydrogens (tertiary/aromatic N) is 3. The Bertz CT molecular complexity index is 718. The van der Waals surface area contributed by atoms with E-state index in [1.54, 1.807) is 18.1 Å². The molecule has 25 heavy (non-hydrogen) atoms. The van der Waals surface area contributed by atoms with E-state index >= 15 is 0 Å². The normalized spacial score (nSPS) is 18.1. The molecule has 2 aromatic rings. The monoisotopic (exact) mass is 337 g/mol. The number of carbonyl (C=O) groups is 2. The van der Waals surface area contributed by atoms with Crippen molar-refractivity contribution in [3.8, 4) is 0 Å². The molecule has 1 aromatic carbocycles. The van der Waals surface area contributed by atoms with Gasteiger partial charge in [0.05, 0.1) is 12.3 Å². The lowest BCUT2D eigenvalue weighted by molar-refractivity contribution is -0.133. The molecule has 1 aromatic heterocycles. The van der Waals surface area contributed by atoms with Gasteiger partial charge >= 0.3 is 0 Å². The van der Waals surface area contributed by atoms with Crippen molar-refractivity contribution in [3.63, 3.8) is 0 Å². The van der Waals surface area contributed by atoms with Gasteiger partial charge in [-0.2, -0.15) is 0 Å². The molecule has 5 nitrogen and oxygen atoms in total. The minimum atomic E-state index is -0.248. The summed E-state index contributed by atoms with van der Waals surface area (Å²) < 4.78 is 0. The maximum Gasteiger partial charge on any atom is 0.227 e. The summed E-state index contributed by atoms with van der Waals surface area (Å²) in [4.78, 5) is 33.2. The van der Waals surface area contributed by atoms with Gasteiger partial charge in [0.2, 0.25) is 11.8 Å². The van der Waals surface area contributed by atoms with Crippen LogP contribution in [0.4, 0.5) is 0 Å². The smallest absolute Gasteiger partial charge is 0.227 e. The van der Waals surface area contributed by atoms with Crippen LogP contribution in [0, 0.1) is 5.92 Å². The van der Waals surface area contributed by atoms with Crippen molar-refractivity contribution in [1.29, 1.82) is 0 Å². The highest BCUT2D eigenvalue weighted by Gasteiger charge is 2.30. The Morgan fingerprint density at radius 1 is 1.12 bits per heavy atom. The quantitative estimate of drug-likeness (QED) is 0.855. The highest BCUT2D eigenvalue weighted by molar-refractivity contribution is 5.83. The van der Waals surface area contributed by atoms with E-state index in [9.17, 15) is 9.59 Å². The van der Waals surface area contributed by atoms with Crippen LogP contribution in [0.15, 0.2) is 54.7 Å². The molecule has 2 amide bonds. The molecule has 130 valence electrons. The third-order valence-corrected chi connectivity index (χ3v) is 4.60. The van der Waals surface area contributed by atoms with Gasteiger partial charge in [0.15, 0.2) is 0 Å². The van der Waals surface area contributed by atoms with E-state index in [1.807, 2.05) is 53.4 Å². The summed E-state index contributed by atoms with van der Waals surface area (Å²) in [5, 5.41) is 0. The van der Waals surface area contributed by atoms with Gasteiger partial charge in [0, 0.05) is 45.0 Å². The molecule has 0 bridgehead atoms. The molecule has 0 aliphatic carbocycles. The van der Waals surface area contributed by atoms with Crippen LogP contribution in [0.25, 0.3) is 0 Å². The lowest BCUT2D eigenvalue weighted by Crippen LogP contribution is -2.38. The molecule has 0 spiro atoms. The van der Waals surface area contributed by atoms with E-state index < -0.39 is 0 Å². The number of hydrogen-bond acceptors (Lipinski definition) is 3. The molecule has 1 saturated heterocycles. The van der Waals surface area contributed by atoms with Crippen LogP contribution in [0.2, 0.25) is 0 Å². The molecular formula is C20H23N3O2. The first kappa shape index (κ1) is 17.1. The third kappa shape index (κ3) is 4.44. The fourth-order valence-electron chi connectivity index (χ4n) is 3.16. The standard InChI is InChI=1S/C20H23N3O2/c1-22-11-12-23(19(24)13-16-7-3-2-4-8-16)15-17(20(22)25)14-18-9-5-6-10-21-18/h2-10,17H,11-15H2,1H3/t17-/m0/s1. The summed E-state index contributed by atoms with van der Waals surface area (Å²) in [6, 6.07) is 15.4. The fraction of sp³-hybridized carbons (Fsp3) is 0.350. The summed E-state index contributed by atoms with van der Waals surface area (Å²) in [5.41, 5.74) is 1.88. The molecule has 1 fully saturated rings. The zero-order valence-electron chi connectivity index (χ0n) is 14.5. The number of hydrogen-bond donors (Lipinski definition) is 0. The second kappa shape index (κ2) is 7.92. The van der Waals surface area contributed by atoms with Crippen molar-refractivity contribution in [3.05, 3.63) is 66.0 Å². The van der Waals surface area contributed by atoms with E-state index in [4.69, 9.17) is 0 Å². The Kier molecular flexibility index (Phi) is 5.43. The van der Waals surface area contributed by atoms with Gasteiger partial charge in [-0.1, -0.05) is 36.4 Å². The second-order valence-electron chi connectivity index (χ2n) is 6.48. The largest absolute Gasteiger partial charge is 0.344 e. The van der Waals surface area contributed by atoms with Crippen LogP contribution in [0.3, 0.4) is 0 Å². The molecule has 1 aliphatic rings. The van der Waals surface area contributed by atoms with Crippen molar-refractivity contribution in [1.82, 2.24) is 14.8 Å². The SMILES string of the molecule is CN1CCN(C(=O)Cc2ccccc2)C[C@H](Cc2ccccn2)C1=O. The number of likely N-dealkylation sites (N-methyl/N-ethyl adjacent to an activating group) is 1. The molecule has 0 N–H and O–H groups in total. The number of benzene rings is 1. The van der Waals surface area contributed by atoms with Gasteiger partial charge in [0.25, 0.3) is 0 Å². The maximum absolute atomic E-state index is 12.7. The van der Waals surface area contributed by atoms with Crippen molar-refractivity contribution >= 4 is 11.8 Å². The Labute approximate surface area is 148 Å². The van der Waals surface area contributed by atoms with Crippen LogP contribution in [0.1, 0.15) is 11.3 Å². The van der Waals surface area contributed by atoms with Gasteiger partial charge < -0.3 is 9.80 Å². The van der Waals surface area contributed by atoms with E-state index in [0.29, 0.717) is 32.5 Å². The lowest BCUT2D eigenvalue weighted by Gasteiger charge is -2.23. The van der Waals surface area contributed by atoms with E-state index in [-0.39, 0.29) is 17.7 Å². The summed E-state index contributed by atoms with van der Waals surface area (Å²) >= 11 is 0. The zero-order valence-corrected chi connectivity index (χ0v) is 14.5. The highest BCUT2D eigenvalue weighted by Crippen LogP contribution is 2.16. The first-order chi connectivity index (χ1) is 12.1.